The Morgan fingerprint density at radius 1 is 0.870 bits per heavy atom. The van der Waals surface area contributed by atoms with E-state index in [4.69, 9.17) is 4.74 Å². The summed E-state index contributed by atoms with van der Waals surface area (Å²) in [5.74, 6) is 0.177. The molecule has 0 aliphatic heterocycles. The molecule has 0 unspecified atom stereocenters. The Labute approximate surface area is 134 Å². The van der Waals surface area contributed by atoms with E-state index in [-0.39, 0.29) is 11.5 Å². The first kappa shape index (κ1) is 14.9. The van der Waals surface area contributed by atoms with Crippen LogP contribution in [0.25, 0.3) is 11.1 Å². The highest BCUT2D eigenvalue weighted by molar-refractivity contribution is 6.13. The fourth-order valence-corrected chi connectivity index (χ4v) is 2.57. The van der Waals surface area contributed by atoms with Crippen LogP contribution in [-0.4, -0.2) is 18.0 Å². The van der Waals surface area contributed by atoms with Crippen LogP contribution in [0.15, 0.2) is 72.8 Å². The number of ether oxygens (including phenoxy) is 1. The van der Waals surface area contributed by atoms with Gasteiger partial charge in [0.15, 0.2) is 17.3 Å². The molecule has 23 heavy (non-hydrogen) atoms. The number of carbonyl (C=O) groups is 1. The Balaban J connectivity index is 2.21. The smallest absolute Gasteiger partial charge is 0.193 e. The van der Waals surface area contributed by atoms with Crippen molar-refractivity contribution in [2.75, 3.05) is 7.11 Å². The molecule has 0 heterocycles. The molecule has 0 amide bonds. The van der Waals surface area contributed by atoms with Crippen molar-refractivity contribution >= 4 is 5.78 Å². The van der Waals surface area contributed by atoms with Crippen LogP contribution in [0.1, 0.15) is 15.9 Å². The molecule has 3 aromatic carbocycles. The first-order valence-corrected chi connectivity index (χ1v) is 7.27. The minimum Gasteiger partial charge on any atom is -0.504 e. The van der Waals surface area contributed by atoms with Crippen molar-refractivity contribution in [1.29, 1.82) is 0 Å². The van der Waals surface area contributed by atoms with Crippen molar-refractivity contribution in [2.45, 2.75) is 0 Å². The van der Waals surface area contributed by atoms with Gasteiger partial charge in [-0.25, -0.2) is 0 Å². The van der Waals surface area contributed by atoms with Gasteiger partial charge in [0.1, 0.15) is 0 Å². The second-order valence-corrected chi connectivity index (χ2v) is 5.10. The van der Waals surface area contributed by atoms with Crippen LogP contribution in [-0.2, 0) is 0 Å². The highest BCUT2D eigenvalue weighted by atomic mass is 16.5. The van der Waals surface area contributed by atoms with Crippen LogP contribution < -0.4 is 4.74 Å². The number of ketones is 1. The molecular weight excluding hydrogens is 288 g/mol. The van der Waals surface area contributed by atoms with Gasteiger partial charge >= 0.3 is 0 Å². The van der Waals surface area contributed by atoms with E-state index in [0.29, 0.717) is 22.4 Å². The molecule has 0 aromatic heterocycles. The molecule has 0 spiro atoms. The van der Waals surface area contributed by atoms with Crippen molar-refractivity contribution in [3.63, 3.8) is 0 Å². The zero-order valence-corrected chi connectivity index (χ0v) is 12.7. The van der Waals surface area contributed by atoms with E-state index in [0.717, 1.165) is 5.56 Å². The van der Waals surface area contributed by atoms with Gasteiger partial charge < -0.3 is 9.84 Å². The molecule has 0 atom stereocenters. The SMILES string of the molecule is COc1ccc(C(=O)c2ccccc2)c(-c2ccccc2)c1O. The monoisotopic (exact) mass is 304 g/mol. The number of rotatable bonds is 4. The standard InChI is InChI=1S/C20H16O3/c1-23-17-13-12-16(19(21)15-10-6-3-7-11-15)18(20(17)22)14-8-4-2-5-9-14/h2-13,22H,1H3. The van der Waals surface area contributed by atoms with Crippen LogP contribution in [0.2, 0.25) is 0 Å². The summed E-state index contributed by atoms with van der Waals surface area (Å²) in [6.45, 7) is 0. The van der Waals surface area contributed by atoms with Crippen molar-refractivity contribution in [2.24, 2.45) is 0 Å². The molecule has 3 heteroatoms. The van der Waals surface area contributed by atoms with Gasteiger partial charge in [0.2, 0.25) is 0 Å². The number of phenols is 1. The Bertz CT molecular complexity index is 824. The minimum atomic E-state index is -0.137. The number of aromatic hydroxyl groups is 1. The van der Waals surface area contributed by atoms with Gasteiger partial charge in [0, 0.05) is 16.7 Å². The molecule has 0 fully saturated rings. The summed E-state index contributed by atoms with van der Waals surface area (Å²) in [5.41, 5.74) is 2.27. The van der Waals surface area contributed by atoms with E-state index >= 15 is 0 Å². The number of methoxy groups -OCH3 is 1. The lowest BCUT2D eigenvalue weighted by Gasteiger charge is -2.14. The first-order chi connectivity index (χ1) is 11.2. The van der Waals surface area contributed by atoms with Gasteiger partial charge in [-0.05, 0) is 17.7 Å². The normalized spacial score (nSPS) is 10.3. The van der Waals surface area contributed by atoms with E-state index in [1.807, 2.05) is 48.5 Å². The maximum atomic E-state index is 12.8. The minimum absolute atomic E-state index is 0.0273. The van der Waals surface area contributed by atoms with E-state index in [1.54, 1.807) is 24.3 Å². The number of carbonyl (C=O) groups excluding carboxylic acids is 1. The van der Waals surface area contributed by atoms with Crippen LogP contribution in [0, 0.1) is 0 Å². The van der Waals surface area contributed by atoms with E-state index in [2.05, 4.69) is 0 Å². The Morgan fingerprint density at radius 2 is 1.48 bits per heavy atom. The number of phenolic OH excluding ortho intramolecular Hbond substituents is 1. The molecule has 1 N–H and O–H groups in total. The summed E-state index contributed by atoms with van der Waals surface area (Å²) < 4.78 is 5.19. The molecule has 0 aliphatic carbocycles. The second-order valence-electron chi connectivity index (χ2n) is 5.10. The third-order valence-electron chi connectivity index (χ3n) is 3.70. The lowest BCUT2D eigenvalue weighted by atomic mass is 9.93. The maximum Gasteiger partial charge on any atom is 0.193 e. The lowest BCUT2D eigenvalue weighted by Crippen LogP contribution is -2.04. The van der Waals surface area contributed by atoms with Crippen molar-refractivity contribution in [1.82, 2.24) is 0 Å². The molecule has 3 aromatic rings. The summed E-state index contributed by atoms with van der Waals surface area (Å²) in [5, 5.41) is 10.5. The molecule has 114 valence electrons. The van der Waals surface area contributed by atoms with Crippen molar-refractivity contribution in [3.8, 4) is 22.6 Å². The van der Waals surface area contributed by atoms with Crippen molar-refractivity contribution in [3.05, 3.63) is 83.9 Å². The van der Waals surface area contributed by atoms with Gasteiger partial charge in [0.05, 0.1) is 7.11 Å². The third kappa shape index (κ3) is 2.81. The first-order valence-electron chi connectivity index (χ1n) is 7.27. The predicted octanol–water partition coefficient (Wildman–Crippen LogP) is 4.30. The van der Waals surface area contributed by atoms with Gasteiger partial charge in [-0.2, -0.15) is 0 Å². The fraction of sp³-hybridized carbons (Fsp3) is 0.0500. The number of hydrogen-bond donors (Lipinski definition) is 1. The molecule has 3 rings (SSSR count). The van der Waals surface area contributed by atoms with Crippen molar-refractivity contribution < 1.29 is 14.6 Å². The molecular formula is C20H16O3. The molecule has 0 radical (unpaired) electrons. The van der Waals surface area contributed by atoms with Crippen LogP contribution in [0.3, 0.4) is 0 Å². The van der Waals surface area contributed by atoms with Gasteiger partial charge in [-0.3, -0.25) is 4.79 Å². The van der Waals surface area contributed by atoms with Crippen LogP contribution in [0.4, 0.5) is 0 Å². The average molecular weight is 304 g/mol. The topological polar surface area (TPSA) is 46.5 Å². The maximum absolute atomic E-state index is 12.8. The summed E-state index contributed by atoms with van der Waals surface area (Å²) in [6.07, 6.45) is 0. The fourth-order valence-electron chi connectivity index (χ4n) is 2.57. The molecule has 0 bridgehead atoms. The lowest BCUT2D eigenvalue weighted by molar-refractivity contribution is 0.103. The zero-order valence-electron chi connectivity index (χ0n) is 12.7. The molecule has 0 saturated carbocycles. The second kappa shape index (κ2) is 6.36. The largest absolute Gasteiger partial charge is 0.504 e. The highest BCUT2D eigenvalue weighted by Gasteiger charge is 2.20. The third-order valence-corrected chi connectivity index (χ3v) is 3.70. The number of benzene rings is 3. The van der Waals surface area contributed by atoms with Crippen LogP contribution in [0.5, 0.6) is 11.5 Å². The Morgan fingerprint density at radius 3 is 2.09 bits per heavy atom. The summed E-state index contributed by atoms with van der Waals surface area (Å²) >= 11 is 0. The Hall–Kier alpha value is -3.07. The summed E-state index contributed by atoms with van der Waals surface area (Å²) in [7, 11) is 1.49. The predicted molar refractivity (Wildman–Crippen MR) is 90.0 cm³/mol. The molecule has 3 nitrogen and oxygen atoms in total. The molecule has 0 saturated heterocycles. The molecule has 0 aliphatic rings. The summed E-state index contributed by atoms with van der Waals surface area (Å²) in [4.78, 5) is 12.8. The van der Waals surface area contributed by atoms with E-state index in [9.17, 15) is 9.90 Å². The van der Waals surface area contributed by atoms with Gasteiger partial charge in [-0.15, -0.1) is 0 Å². The average Bonchev–Trinajstić information content (AvgIpc) is 2.62. The van der Waals surface area contributed by atoms with E-state index < -0.39 is 0 Å². The number of hydrogen-bond acceptors (Lipinski definition) is 3. The quantitative estimate of drug-likeness (QED) is 0.731. The Kier molecular flexibility index (Phi) is 4.11. The highest BCUT2D eigenvalue weighted by Crippen LogP contribution is 2.40. The van der Waals surface area contributed by atoms with Crippen LogP contribution >= 0.6 is 0 Å². The summed E-state index contributed by atoms with van der Waals surface area (Å²) in [6, 6.07) is 21.7. The van der Waals surface area contributed by atoms with Gasteiger partial charge in [-0.1, -0.05) is 60.7 Å². The van der Waals surface area contributed by atoms with Gasteiger partial charge in [0.25, 0.3) is 0 Å². The zero-order chi connectivity index (χ0) is 16.2. The van der Waals surface area contributed by atoms with E-state index in [1.165, 1.54) is 7.11 Å².